The quantitative estimate of drug-likeness (QED) is 0.533. The maximum Gasteiger partial charge on any atom is 0.264 e. The summed E-state index contributed by atoms with van der Waals surface area (Å²) in [6, 6.07) is 18.9. The van der Waals surface area contributed by atoms with Crippen LogP contribution >= 0.6 is 11.8 Å². The van der Waals surface area contributed by atoms with Gasteiger partial charge in [-0.05, 0) is 67.4 Å². The summed E-state index contributed by atoms with van der Waals surface area (Å²) in [7, 11) is 0. The number of thioether (sulfide) groups is 1. The van der Waals surface area contributed by atoms with Crippen molar-refractivity contribution in [3.8, 4) is 0 Å². The van der Waals surface area contributed by atoms with Gasteiger partial charge in [0.25, 0.3) is 5.91 Å². The van der Waals surface area contributed by atoms with Gasteiger partial charge in [-0.15, -0.1) is 0 Å². The SMILES string of the molecule is CCN(CC)c1ccnc2ccc(/C=C3\SC(=N[C@H]4C[C@@H]4c4ccccc4)NC3=O)cc12. The van der Waals surface area contributed by atoms with Gasteiger partial charge in [0.15, 0.2) is 5.17 Å². The molecule has 32 heavy (non-hydrogen) atoms. The Hall–Kier alpha value is -3.12. The van der Waals surface area contributed by atoms with Gasteiger partial charge in [-0.1, -0.05) is 36.4 Å². The zero-order valence-electron chi connectivity index (χ0n) is 18.3. The molecular weight excluding hydrogens is 416 g/mol. The first kappa shape index (κ1) is 20.8. The second-order valence-electron chi connectivity index (χ2n) is 8.10. The van der Waals surface area contributed by atoms with Gasteiger partial charge >= 0.3 is 0 Å². The number of benzene rings is 2. The molecule has 0 unspecified atom stereocenters. The van der Waals surface area contributed by atoms with Gasteiger partial charge < -0.3 is 10.2 Å². The van der Waals surface area contributed by atoms with Crippen LogP contribution in [0.2, 0.25) is 0 Å². The molecule has 0 bridgehead atoms. The summed E-state index contributed by atoms with van der Waals surface area (Å²) in [5, 5.41) is 4.75. The Kier molecular flexibility index (Phi) is 5.70. The van der Waals surface area contributed by atoms with Crippen LogP contribution in [0.15, 0.2) is 70.7 Å². The molecule has 1 N–H and O–H groups in total. The van der Waals surface area contributed by atoms with Crippen LogP contribution in [-0.2, 0) is 4.79 Å². The summed E-state index contributed by atoms with van der Waals surface area (Å²) in [6.07, 6.45) is 4.84. The van der Waals surface area contributed by atoms with Gasteiger partial charge in [-0.25, -0.2) is 0 Å². The molecule has 5 rings (SSSR count). The van der Waals surface area contributed by atoms with Crippen molar-refractivity contribution in [2.45, 2.75) is 32.2 Å². The number of nitrogens with zero attached hydrogens (tertiary/aromatic N) is 3. The monoisotopic (exact) mass is 442 g/mol. The van der Waals surface area contributed by atoms with Crippen molar-refractivity contribution in [1.29, 1.82) is 0 Å². The maximum atomic E-state index is 12.6. The molecule has 6 heteroatoms. The fourth-order valence-electron chi connectivity index (χ4n) is 4.25. The predicted octanol–water partition coefficient (Wildman–Crippen LogP) is 5.20. The lowest BCUT2D eigenvalue weighted by atomic mass is 10.1. The van der Waals surface area contributed by atoms with Gasteiger partial charge in [0.05, 0.1) is 16.5 Å². The number of amides is 1. The van der Waals surface area contributed by atoms with Crippen LogP contribution in [0.3, 0.4) is 0 Å². The number of nitrogens with one attached hydrogen (secondary N) is 1. The minimum absolute atomic E-state index is 0.0825. The van der Waals surface area contributed by atoms with Gasteiger partial charge in [0, 0.05) is 36.3 Å². The minimum atomic E-state index is -0.0825. The van der Waals surface area contributed by atoms with Crippen molar-refractivity contribution >= 4 is 45.5 Å². The lowest BCUT2D eigenvalue weighted by Gasteiger charge is -2.22. The number of aromatic nitrogens is 1. The molecule has 1 aliphatic carbocycles. The van der Waals surface area contributed by atoms with Crippen molar-refractivity contribution in [1.82, 2.24) is 10.3 Å². The van der Waals surface area contributed by atoms with E-state index in [1.807, 2.05) is 30.5 Å². The first-order valence-corrected chi connectivity index (χ1v) is 11.9. The smallest absolute Gasteiger partial charge is 0.264 e. The van der Waals surface area contributed by atoms with E-state index in [1.165, 1.54) is 23.0 Å². The van der Waals surface area contributed by atoms with E-state index in [2.05, 4.69) is 65.4 Å². The summed E-state index contributed by atoms with van der Waals surface area (Å²) < 4.78 is 0. The molecule has 162 valence electrons. The van der Waals surface area contributed by atoms with Crippen LogP contribution in [0.1, 0.15) is 37.3 Å². The molecule has 1 saturated heterocycles. The normalized spacial score (nSPS) is 22.5. The highest BCUT2D eigenvalue weighted by molar-refractivity contribution is 8.18. The van der Waals surface area contributed by atoms with Crippen molar-refractivity contribution in [2.24, 2.45) is 4.99 Å². The Labute approximate surface area is 192 Å². The van der Waals surface area contributed by atoms with Crippen LogP contribution in [-0.4, -0.2) is 35.2 Å². The Bertz CT molecular complexity index is 1220. The van der Waals surface area contributed by atoms with Gasteiger partial charge in [0.2, 0.25) is 0 Å². The number of aliphatic imine (C=N–C) groups is 1. The fraction of sp³-hybridized carbons (Fsp3) is 0.269. The van der Waals surface area contributed by atoms with Gasteiger partial charge in [-0.3, -0.25) is 14.8 Å². The molecule has 0 radical (unpaired) electrons. The standard InChI is InChI=1S/C26H26N4OS/c1-3-30(4-2)23-12-13-27-21-11-10-17(14-20(21)23)15-24-25(31)29-26(32-24)28-22-16-19(22)18-8-6-5-7-9-18/h5-15,19,22H,3-4,16H2,1-2H3,(H,28,29,31)/b24-15-/t19-,22+/m1/s1. The predicted molar refractivity (Wildman–Crippen MR) is 134 cm³/mol. The van der Waals surface area contributed by atoms with E-state index in [4.69, 9.17) is 4.99 Å². The summed E-state index contributed by atoms with van der Waals surface area (Å²) in [5.74, 6) is 0.377. The third-order valence-corrected chi connectivity index (χ3v) is 6.99. The molecule has 1 aliphatic heterocycles. The van der Waals surface area contributed by atoms with Crippen molar-refractivity contribution < 1.29 is 4.79 Å². The number of fused-ring (bicyclic) bond motifs is 1. The second kappa shape index (κ2) is 8.79. The number of carbonyl (C=O) groups is 1. The number of anilines is 1. The highest BCUT2D eigenvalue weighted by Gasteiger charge is 2.39. The first-order valence-electron chi connectivity index (χ1n) is 11.1. The van der Waals surface area contributed by atoms with E-state index in [0.717, 1.165) is 36.0 Å². The van der Waals surface area contributed by atoms with E-state index in [1.54, 1.807) is 0 Å². The fourth-order valence-corrected chi connectivity index (χ4v) is 5.13. The van der Waals surface area contributed by atoms with Crippen LogP contribution in [0.4, 0.5) is 5.69 Å². The number of hydrogen-bond donors (Lipinski definition) is 1. The second-order valence-corrected chi connectivity index (χ2v) is 9.13. The van der Waals surface area contributed by atoms with Crippen LogP contribution in [0, 0.1) is 0 Å². The third-order valence-electron chi connectivity index (χ3n) is 6.06. The number of amidine groups is 1. The number of carbonyl (C=O) groups excluding carboxylic acids is 1. The lowest BCUT2D eigenvalue weighted by Crippen LogP contribution is -2.22. The molecule has 2 heterocycles. The van der Waals surface area contributed by atoms with E-state index in [-0.39, 0.29) is 11.9 Å². The maximum absolute atomic E-state index is 12.6. The lowest BCUT2D eigenvalue weighted by molar-refractivity contribution is -0.115. The Morgan fingerprint density at radius 2 is 1.97 bits per heavy atom. The molecule has 2 aliphatic rings. The highest BCUT2D eigenvalue weighted by atomic mass is 32.2. The average molecular weight is 443 g/mol. The first-order chi connectivity index (χ1) is 15.7. The van der Waals surface area contributed by atoms with Crippen LogP contribution in [0.25, 0.3) is 17.0 Å². The van der Waals surface area contributed by atoms with Crippen molar-refractivity contribution in [3.05, 3.63) is 76.8 Å². The summed E-state index contributed by atoms with van der Waals surface area (Å²) >= 11 is 1.43. The molecule has 5 nitrogen and oxygen atoms in total. The van der Waals surface area contributed by atoms with E-state index in [9.17, 15) is 4.79 Å². The van der Waals surface area contributed by atoms with E-state index >= 15 is 0 Å². The summed E-state index contributed by atoms with van der Waals surface area (Å²) in [6.45, 7) is 6.18. The Morgan fingerprint density at radius 1 is 1.16 bits per heavy atom. The molecule has 2 fully saturated rings. The topological polar surface area (TPSA) is 57.6 Å². The molecule has 2 aromatic carbocycles. The highest BCUT2D eigenvalue weighted by Crippen LogP contribution is 2.44. The summed E-state index contributed by atoms with van der Waals surface area (Å²) in [4.78, 5) is 24.9. The zero-order valence-corrected chi connectivity index (χ0v) is 19.1. The molecule has 2 atom stereocenters. The third kappa shape index (κ3) is 4.15. The largest absolute Gasteiger partial charge is 0.371 e. The van der Waals surface area contributed by atoms with Crippen molar-refractivity contribution in [3.63, 3.8) is 0 Å². The Morgan fingerprint density at radius 3 is 2.75 bits per heavy atom. The van der Waals surface area contributed by atoms with Crippen LogP contribution < -0.4 is 10.2 Å². The summed E-state index contributed by atoms with van der Waals surface area (Å²) in [5.41, 5.74) is 4.45. The van der Waals surface area contributed by atoms with Crippen LogP contribution in [0.5, 0.6) is 0 Å². The number of pyridine rings is 1. The van der Waals surface area contributed by atoms with Gasteiger partial charge in [-0.2, -0.15) is 0 Å². The molecule has 1 aromatic heterocycles. The molecule has 1 amide bonds. The minimum Gasteiger partial charge on any atom is -0.371 e. The zero-order chi connectivity index (χ0) is 22.1. The molecule has 3 aromatic rings. The van der Waals surface area contributed by atoms with E-state index < -0.39 is 0 Å². The number of rotatable bonds is 6. The molecule has 0 spiro atoms. The van der Waals surface area contributed by atoms with Crippen molar-refractivity contribution in [2.75, 3.05) is 18.0 Å². The average Bonchev–Trinajstić information content (AvgIpc) is 3.50. The molecule has 1 saturated carbocycles. The number of hydrogen-bond acceptors (Lipinski definition) is 5. The van der Waals surface area contributed by atoms with E-state index in [0.29, 0.717) is 16.0 Å². The molecular formula is C26H26N4OS. The Balaban J connectivity index is 1.37. The van der Waals surface area contributed by atoms with Gasteiger partial charge in [0.1, 0.15) is 0 Å².